The first-order valence-electron chi connectivity index (χ1n) is 6.11. The third-order valence-electron chi connectivity index (χ3n) is 2.73. The number of carbonyl (C=O) groups excluding carboxylic acids is 1. The van der Waals surface area contributed by atoms with Crippen LogP contribution in [0.3, 0.4) is 0 Å². The van der Waals surface area contributed by atoms with Crippen LogP contribution < -0.4 is 5.32 Å². The number of carbonyl (C=O) groups is 1. The first-order valence-corrected chi connectivity index (χ1v) is 6.11. The predicted octanol–water partition coefficient (Wildman–Crippen LogP) is 2.58. The molecule has 0 aliphatic heterocycles. The maximum absolute atomic E-state index is 12.8. The van der Waals surface area contributed by atoms with Crippen LogP contribution in [-0.4, -0.2) is 16.9 Å². The van der Waals surface area contributed by atoms with Gasteiger partial charge in [0.1, 0.15) is 5.82 Å². The molecule has 0 spiro atoms. The molecular weight excluding hydrogens is 243 g/mol. The van der Waals surface area contributed by atoms with Crippen LogP contribution in [0.5, 0.6) is 0 Å². The van der Waals surface area contributed by atoms with E-state index in [-0.39, 0.29) is 17.8 Å². The van der Waals surface area contributed by atoms with Crippen molar-refractivity contribution in [1.82, 2.24) is 10.3 Å². The van der Waals surface area contributed by atoms with Crippen molar-refractivity contribution in [2.24, 2.45) is 0 Å². The average Bonchev–Trinajstić information content (AvgIpc) is 2.40. The van der Waals surface area contributed by atoms with Gasteiger partial charge in [0.05, 0.1) is 0 Å². The molecule has 98 valence electrons. The summed E-state index contributed by atoms with van der Waals surface area (Å²) < 4.78 is 12.8. The molecule has 2 aromatic rings. The lowest BCUT2D eigenvalue weighted by Crippen LogP contribution is -2.34. The van der Waals surface area contributed by atoms with Crippen molar-refractivity contribution in [1.29, 1.82) is 0 Å². The first-order chi connectivity index (χ1) is 9.15. The Balaban J connectivity index is 1.93. The second-order valence-corrected chi connectivity index (χ2v) is 4.41. The summed E-state index contributed by atoms with van der Waals surface area (Å²) in [5.74, 6) is -0.554. The van der Waals surface area contributed by atoms with E-state index in [4.69, 9.17) is 0 Å². The largest absolute Gasteiger partial charge is 0.349 e. The van der Waals surface area contributed by atoms with E-state index in [1.807, 2.05) is 25.1 Å². The summed E-state index contributed by atoms with van der Waals surface area (Å²) in [6.07, 6.45) is 2.39. The summed E-state index contributed by atoms with van der Waals surface area (Å²) in [6, 6.07) is 11.1. The Kier molecular flexibility index (Phi) is 4.23. The highest BCUT2D eigenvalue weighted by atomic mass is 19.1. The highest BCUT2D eigenvalue weighted by Gasteiger charge is 2.10. The fourth-order valence-corrected chi connectivity index (χ4v) is 1.79. The summed E-state index contributed by atoms with van der Waals surface area (Å²) in [7, 11) is 0. The lowest BCUT2D eigenvalue weighted by molar-refractivity contribution is 0.0940. The number of aromatic nitrogens is 1. The molecule has 1 amide bonds. The molecule has 1 heterocycles. The predicted molar refractivity (Wildman–Crippen MR) is 71.3 cm³/mol. The van der Waals surface area contributed by atoms with Gasteiger partial charge < -0.3 is 5.32 Å². The quantitative estimate of drug-likeness (QED) is 0.915. The molecule has 0 saturated carbocycles. The summed E-state index contributed by atoms with van der Waals surface area (Å²) >= 11 is 0. The van der Waals surface area contributed by atoms with Gasteiger partial charge in [-0.1, -0.05) is 6.07 Å². The number of amides is 1. The zero-order chi connectivity index (χ0) is 13.7. The van der Waals surface area contributed by atoms with Crippen molar-refractivity contribution in [3.63, 3.8) is 0 Å². The number of halogens is 1. The van der Waals surface area contributed by atoms with Gasteiger partial charge in [0.25, 0.3) is 5.91 Å². The van der Waals surface area contributed by atoms with Crippen LogP contribution in [0.2, 0.25) is 0 Å². The zero-order valence-corrected chi connectivity index (χ0v) is 10.6. The molecule has 1 aromatic heterocycles. The maximum atomic E-state index is 12.8. The molecule has 1 N–H and O–H groups in total. The van der Waals surface area contributed by atoms with Gasteiger partial charge in [0, 0.05) is 29.9 Å². The van der Waals surface area contributed by atoms with Crippen LogP contribution in [-0.2, 0) is 6.42 Å². The third kappa shape index (κ3) is 3.88. The van der Waals surface area contributed by atoms with Crippen molar-refractivity contribution >= 4 is 5.91 Å². The van der Waals surface area contributed by atoms with Crippen molar-refractivity contribution in [2.45, 2.75) is 19.4 Å². The minimum atomic E-state index is -0.349. The summed E-state index contributed by atoms with van der Waals surface area (Å²) in [5.41, 5.74) is 1.38. The van der Waals surface area contributed by atoms with Crippen molar-refractivity contribution < 1.29 is 9.18 Å². The SMILES string of the molecule is CC(Cc1ccccn1)NC(=O)c1ccc(F)cc1. The Morgan fingerprint density at radius 3 is 2.63 bits per heavy atom. The molecule has 0 saturated heterocycles. The molecule has 3 nitrogen and oxygen atoms in total. The number of benzene rings is 1. The van der Waals surface area contributed by atoms with Crippen molar-refractivity contribution in [2.75, 3.05) is 0 Å². The molecule has 1 atom stereocenters. The van der Waals surface area contributed by atoms with Crippen molar-refractivity contribution in [3.05, 3.63) is 65.7 Å². The minimum absolute atomic E-state index is 0.0348. The highest BCUT2D eigenvalue weighted by molar-refractivity contribution is 5.94. The number of hydrogen-bond acceptors (Lipinski definition) is 2. The second kappa shape index (κ2) is 6.09. The van der Waals surface area contributed by atoms with Crippen LogP contribution in [0.4, 0.5) is 4.39 Å². The van der Waals surface area contributed by atoms with Crippen LogP contribution >= 0.6 is 0 Å². The Morgan fingerprint density at radius 1 is 1.26 bits per heavy atom. The van der Waals surface area contributed by atoms with Gasteiger partial charge in [-0.25, -0.2) is 4.39 Å². The standard InChI is InChI=1S/C15H15FN2O/c1-11(10-14-4-2-3-9-17-14)18-15(19)12-5-7-13(16)8-6-12/h2-9,11H,10H2,1H3,(H,18,19). The van der Waals surface area contributed by atoms with Crippen LogP contribution in [0.25, 0.3) is 0 Å². The number of rotatable bonds is 4. The lowest BCUT2D eigenvalue weighted by atomic mass is 10.1. The van der Waals surface area contributed by atoms with Gasteiger partial charge >= 0.3 is 0 Å². The Bertz CT molecular complexity index is 540. The third-order valence-corrected chi connectivity index (χ3v) is 2.73. The van der Waals surface area contributed by atoms with Gasteiger partial charge in [-0.2, -0.15) is 0 Å². The fourth-order valence-electron chi connectivity index (χ4n) is 1.79. The second-order valence-electron chi connectivity index (χ2n) is 4.41. The number of pyridine rings is 1. The van der Waals surface area contributed by atoms with Crippen LogP contribution in [0, 0.1) is 5.82 Å². The molecule has 19 heavy (non-hydrogen) atoms. The van der Waals surface area contributed by atoms with Crippen LogP contribution in [0.15, 0.2) is 48.7 Å². The summed E-state index contributed by atoms with van der Waals surface area (Å²) in [5, 5.41) is 2.86. The van der Waals surface area contributed by atoms with E-state index in [1.54, 1.807) is 6.20 Å². The van der Waals surface area contributed by atoms with Gasteiger partial charge in [-0.3, -0.25) is 9.78 Å². The van der Waals surface area contributed by atoms with Gasteiger partial charge in [-0.15, -0.1) is 0 Å². The highest BCUT2D eigenvalue weighted by Crippen LogP contribution is 2.04. The Labute approximate surface area is 111 Å². The average molecular weight is 258 g/mol. The molecule has 1 unspecified atom stereocenters. The van der Waals surface area contributed by atoms with Gasteiger partial charge in [0.2, 0.25) is 0 Å². The summed E-state index contributed by atoms with van der Waals surface area (Å²) in [4.78, 5) is 16.1. The monoisotopic (exact) mass is 258 g/mol. The van der Waals surface area contributed by atoms with Gasteiger partial charge in [0.15, 0.2) is 0 Å². The molecule has 0 radical (unpaired) electrons. The number of hydrogen-bond donors (Lipinski definition) is 1. The minimum Gasteiger partial charge on any atom is -0.349 e. The Hall–Kier alpha value is -2.23. The van der Waals surface area contributed by atoms with E-state index >= 15 is 0 Å². The molecule has 1 aromatic carbocycles. The first kappa shape index (κ1) is 13.2. The number of nitrogens with zero attached hydrogens (tertiary/aromatic N) is 1. The molecule has 4 heteroatoms. The molecule has 2 rings (SSSR count). The van der Waals surface area contributed by atoms with Crippen molar-refractivity contribution in [3.8, 4) is 0 Å². The Morgan fingerprint density at radius 2 is 2.00 bits per heavy atom. The molecule has 0 aliphatic rings. The molecule has 0 fully saturated rings. The van der Waals surface area contributed by atoms with E-state index in [2.05, 4.69) is 10.3 Å². The fraction of sp³-hybridized carbons (Fsp3) is 0.200. The van der Waals surface area contributed by atoms with Crippen LogP contribution in [0.1, 0.15) is 23.0 Å². The lowest BCUT2D eigenvalue weighted by Gasteiger charge is -2.13. The smallest absolute Gasteiger partial charge is 0.251 e. The molecular formula is C15H15FN2O. The summed E-state index contributed by atoms with van der Waals surface area (Å²) in [6.45, 7) is 1.91. The van der Waals surface area contributed by atoms with E-state index in [9.17, 15) is 9.18 Å². The zero-order valence-electron chi connectivity index (χ0n) is 10.6. The van der Waals surface area contributed by atoms with E-state index < -0.39 is 0 Å². The maximum Gasteiger partial charge on any atom is 0.251 e. The topological polar surface area (TPSA) is 42.0 Å². The van der Waals surface area contributed by atoms with Gasteiger partial charge in [-0.05, 0) is 43.3 Å². The molecule has 0 bridgehead atoms. The van der Waals surface area contributed by atoms with E-state index in [0.29, 0.717) is 12.0 Å². The number of nitrogens with one attached hydrogen (secondary N) is 1. The molecule has 0 aliphatic carbocycles. The normalized spacial score (nSPS) is 11.9. The van der Waals surface area contributed by atoms with E-state index in [1.165, 1.54) is 24.3 Å². The van der Waals surface area contributed by atoms with E-state index in [0.717, 1.165) is 5.69 Å².